The van der Waals surface area contributed by atoms with Crippen molar-refractivity contribution in [3.63, 3.8) is 0 Å². The fraction of sp³-hybridized carbons (Fsp3) is 0.478. The molecule has 168 valence electrons. The number of aliphatic imine (C=N–C) groups is 1. The fourth-order valence-electron chi connectivity index (χ4n) is 3.22. The van der Waals surface area contributed by atoms with Crippen molar-refractivity contribution in [1.29, 1.82) is 0 Å². The lowest BCUT2D eigenvalue weighted by Crippen LogP contribution is -2.37. The molecule has 2 N–H and O–H groups in total. The predicted molar refractivity (Wildman–Crippen MR) is 118 cm³/mol. The average molecular weight is 431 g/mol. The van der Waals surface area contributed by atoms with Crippen LogP contribution in [0.15, 0.2) is 47.7 Å². The molecular formula is C23H31FN4O3. The van der Waals surface area contributed by atoms with Gasteiger partial charge in [-0.1, -0.05) is 6.07 Å². The number of hydrogen-bond acceptors (Lipinski definition) is 5. The van der Waals surface area contributed by atoms with E-state index in [1.165, 1.54) is 6.07 Å². The zero-order valence-corrected chi connectivity index (χ0v) is 18.0. The van der Waals surface area contributed by atoms with E-state index in [-0.39, 0.29) is 5.75 Å². The summed E-state index contributed by atoms with van der Waals surface area (Å²) in [7, 11) is 1.71. The third kappa shape index (κ3) is 8.15. The van der Waals surface area contributed by atoms with Crippen molar-refractivity contribution in [2.75, 3.05) is 40.0 Å². The van der Waals surface area contributed by atoms with Crippen molar-refractivity contribution >= 4 is 5.96 Å². The maximum atomic E-state index is 14.4. The van der Waals surface area contributed by atoms with Crippen molar-refractivity contribution < 1.29 is 18.6 Å². The molecule has 0 bridgehead atoms. The Morgan fingerprint density at radius 1 is 1.26 bits per heavy atom. The second-order valence-electron chi connectivity index (χ2n) is 7.39. The highest BCUT2D eigenvalue weighted by atomic mass is 19.1. The molecule has 2 heterocycles. The summed E-state index contributed by atoms with van der Waals surface area (Å²) in [5.41, 5.74) is 0.791. The molecule has 0 saturated carbocycles. The minimum absolute atomic E-state index is 0.167. The standard InChI is InChI=1S/C23H31FN4O3/c1-25-23(27-10-3-11-30-17-18-7-12-29-13-8-18)28-15-19-5-6-22(21(24)14-19)31-20-4-2-9-26-16-20/h2,4-6,9,14,16,18H,3,7-8,10-13,15,17H2,1H3,(H2,25,27,28). The molecule has 31 heavy (non-hydrogen) atoms. The van der Waals surface area contributed by atoms with Crippen molar-refractivity contribution in [3.8, 4) is 11.5 Å². The van der Waals surface area contributed by atoms with Gasteiger partial charge in [-0.3, -0.25) is 9.98 Å². The Kier molecular flexibility index (Phi) is 9.53. The zero-order chi connectivity index (χ0) is 21.7. The fourth-order valence-corrected chi connectivity index (χ4v) is 3.22. The summed E-state index contributed by atoms with van der Waals surface area (Å²) in [5, 5.41) is 6.44. The molecule has 1 aromatic heterocycles. The highest BCUT2D eigenvalue weighted by Gasteiger charge is 2.13. The summed E-state index contributed by atoms with van der Waals surface area (Å²) < 4.78 is 31.0. The van der Waals surface area contributed by atoms with Gasteiger partial charge in [0.15, 0.2) is 17.5 Å². The van der Waals surface area contributed by atoms with E-state index in [1.54, 1.807) is 37.6 Å². The van der Waals surface area contributed by atoms with Gasteiger partial charge in [0.1, 0.15) is 5.75 Å². The summed E-state index contributed by atoms with van der Waals surface area (Å²) in [6, 6.07) is 8.36. The number of aromatic nitrogens is 1. The van der Waals surface area contributed by atoms with Crippen LogP contribution in [0.3, 0.4) is 0 Å². The first-order chi connectivity index (χ1) is 15.2. The molecule has 0 radical (unpaired) electrons. The maximum Gasteiger partial charge on any atom is 0.191 e. The smallest absolute Gasteiger partial charge is 0.191 e. The quantitative estimate of drug-likeness (QED) is 0.341. The van der Waals surface area contributed by atoms with Gasteiger partial charge in [0.05, 0.1) is 6.20 Å². The molecule has 1 saturated heterocycles. The third-order valence-corrected chi connectivity index (χ3v) is 4.99. The number of halogens is 1. The van der Waals surface area contributed by atoms with Crippen LogP contribution >= 0.6 is 0 Å². The monoisotopic (exact) mass is 430 g/mol. The Balaban J connectivity index is 1.33. The van der Waals surface area contributed by atoms with Crippen LogP contribution < -0.4 is 15.4 Å². The predicted octanol–water partition coefficient (Wildman–Crippen LogP) is 3.51. The first-order valence-electron chi connectivity index (χ1n) is 10.7. The van der Waals surface area contributed by atoms with Crippen LogP contribution in [0.2, 0.25) is 0 Å². The van der Waals surface area contributed by atoms with Crippen molar-refractivity contribution in [1.82, 2.24) is 15.6 Å². The summed E-state index contributed by atoms with van der Waals surface area (Å²) in [4.78, 5) is 8.16. The molecule has 1 aliphatic rings. The van der Waals surface area contributed by atoms with Crippen LogP contribution in [0.4, 0.5) is 4.39 Å². The molecule has 0 unspecified atom stereocenters. The lowest BCUT2D eigenvalue weighted by molar-refractivity contribution is 0.0203. The lowest BCUT2D eigenvalue weighted by Gasteiger charge is -2.21. The topological polar surface area (TPSA) is 77.0 Å². The molecule has 0 spiro atoms. The van der Waals surface area contributed by atoms with E-state index < -0.39 is 5.82 Å². The molecule has 1 aromatic carbocycles. The van der Waals surface area contributed by atoms with Crippen molar-refractivity contribution in [2.45, 2.75) is 25.8 Å². The average Bonchev–Trinajstić information content (AvgIpc) is 2.81. The molecule has 1 fully saturated rings. The second-order valence-corrected chi connectivity index (χ2v) is 7.39. The van der Waals surface area contributed by atoms with Crippen LogP contribution in [0, 0.1) is 11.7 Å². The molecule has 0 amide bonds. The van der Waals surface area contributed by atoms with Gasteiger partial charge >= 0.3 is 0 Å². The van der Waals surface area contributed by atoms with Crippen LogP contribution in [0.25, 0.3) is 0 Å². The molecule has 1 aliphatic heterocycles. The van der Waals surface area contributed by atoms with Gasteiger partial charge < -0.3 is 24.8 Å². The van der Waals surface area contributed by atoms with Crippen molar-refractivity contribution in [3.05, 3.63) is 54.1 Å². The van der Waals surface area contributed by atoms with Crippen LogP contribution in [0.1, 0.15) is 24.8 Å². The van der Waals surface area contributed by atoms with E-state index in [0.717, 1.165) is 51.2 Å². The number of rotatable bonds is 10. The Morgan fingerprint density at radius 3 is 2.87 bits per heavy atom. The van der Waals surface area contributed by atoms with Gasteiger partial charge in [-0.2, -0.15) is 0 Å². The number of nitrogens with zero attached hydrogens (tertiary/aromatic N) is 2. The highest BCUT2D eigenvalue weighted by Crippen LogP contribution is 2.24. The van der Waals surface area contributed by atoms with Crippen LogP contribution in [0.5, 0.6) is 11.5 Å². The summed E-state index contributed by atoms with van der Waals surface area (Å²) in [6.45, 7) is 4.42. The van der Waals surface area contributed by atoms with Gasteiger partial charge in [0.2, 0.25) is 0 Å². The first-order valence-corrected chi connectivity index (χ1v) is 10.7. The number of ether oxygens (including phenoxy) is 3. The van der Waals surface area contributed by atoms with Crippen LogP contribution in [-0.4, -0.2) is 51.0 Å². The van der Waals surface area contributed by atoms with E-state index in [4.69, 9.17) is 14.2 Å². The van der Waals surface area contributed by atoms with Gasteiger partial charge in [0, 0.05) is 52.8 Å². The largest absolute Gasteiger partial charge is 0.453 e. The molecule has 2 aromatic rings. The molecule has 7 nitrogen and oxygen atoms in total. The third-order valence-electron chi connectivity index (χ3n) is 4.99. The van der Waals surface area contributed by atoms with E-state index in [1.807, 2.05) is 6.07 Å². The van der Waals surface area contributed by atoms with E-state index in [2.05, 4.69) is 20.6 Å². The van der Waals surface area contributed by atoms with E-state index in [0.29, 0.717) is 30.8 Å². The minimum Gasteiger partial charge on any atom is -0.453 e. The summed E-state index contributed by atoms with van der Waals surface area (Å²) >= 11 is 0. The Hall–Kier alpha value is -2.71. The van der Waals surface area contributed by atoms with Crippen molar-refractivity contribution in [2.24, 2.45) is 10.9 Å². The summed E-state index contributed by atoms with van der Waals surface area (Å²) in [6.07, 6.45) is 6.25. The number of nitrogens with one attached hydrogen (secondary N) is 2. The zero-order valence-electron chi connectivity index (χ0n) is 18.0. The lowest BCUT2D eigenvalue weighted by atomic mass is 10.0. The Labute approximate surface area is 183 Å². The maximum absolute atomic E-state index is 14.4. The Morgan fingerprint density at radius 2 is 2.13 bits per heavy atom. The molecular weight excluding hydrogens is 399 g/mol. The van der Waals surface area contributed by atoms with E-state index in [9.17, 15) is 4.39 Å². The first kappa shape index (κ1) is 23.0. The summed E-state index contributed by atoms with van der Waals surface area (Å²) in [5.74, 6) is 1.53. The molecule has 8 heteroatoms. The SMILES string of the molecule is CN=C(NCCCOCC1CCOCC1)NCc1ccc(Oc2cccnc2)c(F)c1. The Bertz CT molecular complexity index is 814. The number of benzene rings is 1. The van der Waals surface area contributed by atoms with Gasteiger partial charge in [0.25, 0.3) is 0 Å². The molecule has 3 rings (SSSR count). The number of hydrogen-bond donors (Lipinski definition) is 2. The van der Waals surface area contributed by atoms with Gasteiger partial charge in [-0.05, 0) is 55.0 Å². The number of pyridine rings is 1. The highest BCUT2D eigenvalue weighted by molar-refractivity contribution is 5.79. The second kappa shape index (κ2) is 12.9. The van der Waals surface area contributed by atoms with Gasteiger partial charge in [-0.25, -0.2) is 4.39 Å². The molecule has 0 atom stereocenters. The van der Waals surface area contributed by atoms with Crippen LogP contribution in [-0.2, 0) is 16.0 Å². The number of guanidine groups is 1. The molecule has 0 aliphatic carbocycles. The normalized spacial score (nSPS) is 15.0. The minimum atomic E-state index is -0.423. The van der Waals surface area contributed by atoms with E-state index >= 15 is 0 Å². The van der Waals surface area contributed by atoms with Gasteiger partial charge in [-0.15, -0.1) is 0 Å².